The van der Waals surface area contributed by atoms with E-state index in [0.717, 1.165) is 32.2 Å². The Labute approximate surface area is 104 Å². The summed E-state index contributed by atoms with van der Waals surface area (Å²) in [5, 5.41) is 0. The van der Waals surface area contributed by atoms with Gasteiger partial charge < -0.3 is 15.4 Å². The van der Waals surface area contributed by atoms with Crippen LogP contribution in [-0.2, 0) is 4.74 Å². The Bertz CT molecular complexity index is 253. The molecule has 100 valence electrons. The molecule has 17 heavy (non-hydrogen) atoms. The third kappa shape index (κ3) is 4.54. The molecule has 1 rings (SSSR count). The Morgan fingerprint density at radius 3 is 2.24 bits per heavy atom. The van der Waals surface area contributed by atoms with Gasteiger partial charge in [-0.05, 0) is 58.9 Å². The van der Waals surface area contributed by atoms with Crippen molar-refractivity contribution >= 4 is 6.09 Å². The zero-order valence-corrected chi connectivity index (χ0v) is 11.5. The molecule has 0 saturated heterocycles. The lowest BCUT2D eigenvalue weighted by Crippen LogP contribution is -2.42. The van der Waals surface area contributed by atoms with Crippen LogP contribution in [0.5, 0.6) is 0 Å². The van der Waals surface area contributed by atoms with E-state index < -0.39 is 5.60 Å². The van der Waals surface area contributed by atoms with E-state index in [-0.39, 0.29) is 6.09 Å². The van der Waals surface area contributed by atoms with Crippen molar-refractivity contribution in [2.75, 3.05) is 13.6 Å². The summed E-state index contributed by atoms with van der Waals surface area (Å²) in [5.41, 5.74) is 5.25. The second-order valence-electron chi connectivity index (χ2n) is 6.00. The van der Waals surface area contributed by atoms with E-state index in [1.54, 1.807) is 4.90 Å². The Balaban J connectivity index is 2.43. The standard InChI is InChI=1S/C13H26N2O2/c1-13(2,3)17-12(16)15(4)11-7-5-10(9-14)6-8-11/h10-11H,5-9,14H2,1-4H3. The summed E-state index contributed by atoms with van der Waals surface area (Å²) in [5.74, 6) is 0.637. The number of hydrogen-bond acceptors (Lipinski definition) is 3. The summed E-state index contributed by atoms with van der Waals surface area (Å²) in [6.45, 7) is 6.45. The molecule has 1 aliphatic carbocycles. The molecule has 1 saturated carbocycles. The van der Waals surface area contributed by atoms with Crippen LogP contribution in [-0.4, -0.2) is 36.2 Å². The van der Waals surface area contributed by atoms with Gasteiger partial charge >= 0.3 is 6.09 Å². The number of amides is 1. The van der Waals surface area contributed by atoms with Crippen LogP contribution in [0.2, 0.25) is 0 Å². The zero-order chi connectivity index (χ0) is 13.1. The highest BCUT2D eigenvalue weighted by molar-refractivity contribution is 5.68. The van der Waals surface area contributed by atoms with Gasteiger partial charge in [0, 0.05) is 13.1 Å². The number of rotatable bonds is 2. The Morgan fingerprint density at radius 2 is 1.82 bits per heavy atom. The molecule has 0 aromatic rings. The van der Waals surface area contributed by atoms with Gasteiger partial charge in [-0.2, -0.15) is 0 Å². The number of nitrogens with zero attached hydrogens (tertiary/aromatic N) is 1. The third-order valence-electron chi connectivity index (χ3n) is 3.38. The van der Waals surface area contributed by atoms with Crippen molar-refractivity contribution in [1.29, 1.82) is 0 Å². The summed E-state index contributed by atoms with van der Waals surface area (Å²) >= 11 is 0. The van der Waals surface area contributed by atoms with E-state index in [0.29, 0.717) is 12.0 Å². The first kappa shape index (κ1) is 14.3. The predicted octanol–water partition coefficient (Wildman–Crippen LogP) is 2.37. The van der Waals surface area contributed by atoms with Gasteiger partial charge in [-0.15, -0.1) is 0 Å². The van der Waals surface area contributed by atoms with E-state index in [9.17, 15) is 4.79 Å². The monoisotopic (exact) mass is 242 g/mol. The largest absolute Gasteiger partial charge is 0.444 e. The molecule has 1 amide bonds. The van der Waals surface area contributed by atoms with Gasteiger partial charge in [-0.3, -0.25) is 0 Å². The highest BCUT2D eigenvalue weighted by atomic mass is 16.6. The second kappa shape index (κ2) is 5.71. The minimum Gasteiger partial charge on any atom is -0.444 e. The molecule has 0 bridgehead atoms. The number of carbonyl (C=O) groups is 1. The molecule has 0 aromatic carbocycles. The molecule has 2 N–H and O–H groups in total. The first-order valence-corrected chi connectivity index (χ1v) is 6.49. The lowest BCUT2D eigenvalue weighted by Gasteiger charge is -2.35. The maximum atomic E-state index is 11.9. The first-order valence-electron chi connectivity index (χ1n) is 6.49. The van der Waals surface area contributed by atoms with Crippen LogP contribution in [0.1, 0.15) is 46.5 Å². The van der Waals surface area contributed by atoms with Crippen molar-refractivity contribution in [3.8, 4) is 0 Å². The van der Waals surface area contributed by atoms with Crippen molar-refractivity contribution in [2.24, 2.45) is 11.7 Å². The molecule has 4 heteroatoms. The van der Waals surface area contributed by atoms with Crippen LogP contribution >= 0.6 is 0 Å². The van der Waals surface area contributed by atoms with E-state index in [4.69, 9.17) is 10.5 Å². The van der Waals surface area contributed by atoms with Crippen molar-refractivity contribution in [2.45, 2.75) is 58.1 Å². The normalized spacial score (nSPS) is 25.5. The average molecular weight is 242 g/mol. The van der Waals surface area contributed by atoms with Crippen LogP contribution in [0.25, 0.3) is 0 Å². The smallest absolute Gasteiger partial charge is 0.410 e. The number of nitrogens with two attached hydrogens (primary N) is 1. The molecule has 0 radical (unpaired) electrons. The second-order valence-corrected chi connectivity index (χ2v) is 6.00. The van der Waals surface area contributed by atoms with Gasteiger partial charge in [-0.25, -0.2) is 4.79 Å². The fraction of sp³-hybridized carbons (Fsp3) is 0.923. The fourth-order valence-corrected chi connectivity index (χ4v) is 2.25. The molecule has 0 aromatic heterocycles. The van der Waals surface area contributed by atoms with Crippen LogP contribution in [0.3, 0.4) is 0 Å². The van der Waals surface area contributed by atoms with Crippen LogP contribution in [0.15, 0.2) is 0 Å². The molecular formula is C13H26N2O2. The predicted molar refractivity (Wildman–Crippen MR) is 68.8 cm³/mol. The molecule has 1 fully saturated rings. The van der Waals surface area contributed by atoms with Gasteiger partial charge in [0.2, 0.25) is 0 Å². The molecule has 0 spiro atoms. The Hall–Kier alpha value is -0.770. The molecule has 4 nitrogen and oxygen atoms in total. The fourth-order valence-electron chi connectivity index (χ4n) is 2.25. The minimum atomic E-state index is -0.417. The summed E-state index contributed by atoms with van der Waals surface area (Å²) in [6, 6.07) is 0.313. The van der Waals surface area contributed by atoms with Gasteiger partial charge in [0.15, 0.2) is 0 Å². The quantitative estimate of drug-likeness (QED) is 0.808. The lowest BCUT2D eigenvalue weighted by molar-refractivity contribution is 0.0174. The van der Waals surface area contributed by atoms with E-state index >= 15 is 0 Å². The summed E-state index contributed by atoms with van der Waals surface area (Å²) in [4.78, 5) is 13.6. The maximum absolute atomic E-state index is 11.9. The molecule has 1 aliphatic rings. The summed E-state index contributed by atoms with van der Waals surface area (Å²) in [6.07, 6.45) is 4.10. The Morgan fingerprint density at radius 1 is 1.29 bits per heavy atom. The highest BCUT2D eigenvalue weighted by Crippen LogP contribution is 2.27. The maximum Gasteiger partial charge on any atom is 0.410 e. The first-order chi connectivity index (χ1) is 7.83. The van der Waals surface area contributed by atoms with Crippen LogP contribution in [0.4, 0.5) is 4.79 Å². The molecule has 0 unspecified atom stereocenters. The van der Waals surface area contributed by atoms with Crippen molar-refractivity contribution in [3.05, 3.63) is 0 Å². The van der Waals surface area contributed by atoms with Crippen molar-refractivity contribution < 1.29 is 9.53 Å². The SMILES string of the molecule is CN(C(=O)OC(C)(C)C)C1CCC(CN)CC1. The van der Waals surface area contributed by atoms with E-state index in [1.807, 2.05) is 27.8 Å². The minimum absolute atomic E-state index is 0.214. The summed E-state index contributed by atoms with van der Waals surface area (Å²) in [7, 11) is 1.83. The van der Waals surface area contributed by atoms with E-state index in [1.165, 1.54) is 0 Å². The molecule has 0 heterocycles. The van der Waals surface area contributed by atoms with Crippen LogP contribution in [0, 0.1) is 5.92 Å². The third-order valence-corrected chi connectivity index (χ3v) is 3.38. The highest BCUT2D eigenvalue weighted by Gasteiger charge is 2.28. The van der Waals surface area contributed by atoms with Gasteiger partial charge in [0.1, 0.15) is 5.60 Å². The number of hydrogen-bond donors (Lipinski definition) is 1. The molecule has 0 atom stereocenters. The van der Waals surface area contributed by atoms with E-state index in [2.05, 4.69) is 0 Å². The Kier molecular flexibility index (Phi) is 4.80. The summed E-state index contributed by atoms with van der Waals surface area (Å²) < 4.78 is 5.37. The number of ether oxygens (including phenoxy) is 1. The van der Waals surface area contributed by atoms with Crippen molar-refractivity contribution in [3.63, 3.8) is 0 Å². The van der Waals surface area contributed by atoms with Crippen LogP contribution < -0.4 is 5.73 Å². The number of carbonyl (C=O) groups excluding carboxylic acids is 1. The van der Waals surface area contributed by atoms with Gasteiger partial charge in [0.25, 0.3) is 0 Å². The van der Waals surface area contributed by atoms with Crippen molar-refractivity contribution in [1.82, 2.24) is 4.90 Å². The topological polar surface area (TPSA) is 55.6 Å². The van der Waals surface area contributed by atoms with Gasteiger partial charge in [-0.1, -0.05) is 0 Å². The zero-order valence-electron chi connectivity index (χ0n) is 11.5. The molecular weight excluding hydrogens is 216 g/mol. The lowest BCUT2D eigenvalue weighted by atomic mass is 9.86. The van der Waals surface area contributed by atoms with Gasteiger partial charge in [0.05, 0.1) is 0 Å². The average Bonchev–Trinajstić information content (AvgIpc) is 2.26. The molecule has 0 aliphatic heterocycles.